The van der Waals surface area contributed by atoms with Crippen molar-refractivity contribution in [3.8, 4) is 0 Å². The molecule has 0 aliphatic carbocycles. The molecule has 0 N–H and O–H groups in total. The summed E-state index contributed by atoms with van der Waals surface area (Å²) in [4.78, 5) is 34.1. The number of aromatic nitrogens is 1. The van der Waals surface area contributed by atoms with Crippen LogP contribution in [-0.2, 0) is 0 Å². The molecule has 6 nitrogen and oxygen atoms in total. The molecule has 4 rings (SSSR count). The minimum Gasteiger partial charge on any atom is -0.445 e. The molecular formula is C24H31N3O3. The molecule has 1 aromatic heterocycles. The van der Waals surface area contributed by atoms with Crippen molar-refractivity contribution in [2.45, 2.75) is 58.8 Å². The van der Waals surface area contributed by atoms with Crippen molar-refractivity contribution in [3.63, 3.8) is 0 Å². The molecule has 2 aromatic rings. The summed E-state index contributed by atoms with van der Waals surface area (Å²) in [6.45, 7) is 8.82. The molecule has 2 aliphatic rings. The Hall–Kier alpha value is -2.63. The van der Waals surface area contributed by atoms with Gasteiger partial charge in [0, 0.05) is 37.7 Å². The van der Waals surface area contributed by atoms with Gasteiger partial charge >= 0.3 is 0 Å². The first-order valence-corrected chi connectivity index (χ1v) is 11.1. The number of nitrogens with zero attached hydrogens (tertiary/aromatic N) is 3. The van der Waals surface area contributed by atoms with Gasteiger partial charge in [0.2, 0.25) is 0 Å². The highest BCUT2D eigenvalue weighted by Gasteiger charge is 2.30. The van der Waals surface area contributed by atoms with Gasteiger partial charge in [-0.1, -0.05) is 17.2 Å². The average molecular weight is 410 g/mol. The van der Waals surface area contributed by atoms with Crippen LogP contribution in [0.3, 0.4) is 0 Å². The second-order valence-corrected chi connectivity index (χ2v) is 8.75. The van der Waals surface area contributed by atoms with Crippen molar-refractivity contribution in [3.05, 3.63) is 52.2 Å². The van der Waals surface area contributed by atoms with Gasteiger partial charge in [-0.15, -0.1) is 0 Å². The predicted octanol–water partition coefficient (Wildman–Crippen LogP) is 4.25. The lowest BCUT2D eigenvalue weighted by molar-refractivity contribution is 0.0704. The maximum Gasteiger partial charge on any atom is 0.276 e. The maximum atomic E-state index is 12.9. The van der Waals surface area contributed by atoms with E-state index in [4.69, 9.17) is 4.42 Å². The smallest absolute Gasteiger partial charge is 0.276 e. The number of hydrogen-bond donors (Lipinski definition) is 0. The van der Waals surface area contributed by atoms with Gasteiger partial charge < -0.3 is 14.2 Å². The minimum absolute atomic E-state index is 0.00960. The molecule has 2 saturated heterocycles. The lowest BCUT2D eigenvalue weighted by Gasteiger charge is -2.31. The Bertz CT molecular complexity index is 915. The lowest BCUT2D eigenvalue weighted by Crippen LogP contribution is -2.38. The summed E-state index contributed by atoms with van der Waals surface area (Å²) in [5, 5.41) is 0. The molecule has 2 amide bonds. The van der Waals surface area contributed by atoms with Crippen LogP contribution in [0.2, 0.25) is 0 Å². The molecule has 0 atom stereocenters. The largest absolute Gasteiger partial charge is 0.445 e. The van der Waals surface area contributed by atoms with E-state index in [2.05, 4.69) is 11.1 Å². The van der Waals surface area contributed by atoms with Crippen molar-refractivity contribution in [1.29, 1.82) is 0 Å². The standard InChI is InChI=1S/C24H31N3O3/c1-16-13-17(2)15-20(14-16)23(28)27-11-7-19(8-12-27)22-25-21(18(3)30-22)24(29)26-9-5-4-6-10-26/h13-15,19H,4-12H2,1-3H3. The molecule has 2 fully saturated rings. The molecule has 0 bridgehead atoms. The Balaban J connectivity index is 1.40. The van der Waals surface area contributed by atoms with Crippen LogP contribution in [0.25, 0.3) is 0 Å². The Labute approximate surface area is 178 Å². The van der Waals surface area contributed by atoms with Gasteiger partial charge in [0.25, 0.3) is 11.8 Å². The van der Waals surface area contributed by atoms with Gasteiger partial charge in [-0.25, -0.2) is 4.98 Å². The SMILES string of the molecule is Cc1cc(C)cc(C(=O)N2CCC(c3nc(C(=O)N4CCCCC4)c(C)o3)CC2)c1. The van der Waals surface area contributed by atoms with Crippen LogP contribution in [-0.4, -0.2) is 52.8 Å². The van der Waals surface area contributed by atoms with Crippen molar-refractivity contribution in [1.82, 2.24) is 14.8 Å². The molecule has 6 heteroatoms. The first kappa shape index (κ1) is 20.6. The molecular weight excluding hydrogens is 378 g/mol. The van der Waals surface area contributed by atoms with Crippen LogP contribution in [0.1, 0.15) is 81.6 Å². The van der Waals surface area contributed by atoms with Gasteiger partial charge in [0.15, 0.2) is 11.6 Å². The highest BCUT2D eigenvalue weighted by Crippen LogP contribution is 2.30. The lowest BCUT2D eigenvalue weighted by atomic mass is 9.96. The molecule has 0 radical (unpaired) electrons. The van der Waals surface area contributed by atoms with E-state index in [0.29, 0.717) is 30.4 Å². The van der Waals surface area contributed by atoms with E-state index in [-0.39, 0.29) is 17.7 Å². The summed E-state index contributed by atoms with van der Waals surface area (Å²) in [5.41, 5.74) is 3.43. The maximum absolute atomic E-state index is 12.9. The summed E-state index contributed by atoms with van der Waals surface area (Å²) in [6.07, 6.45) is 4.90. The third kappa shape index (κ3) is 4.27. The van der Waals surface area contributed by atoms with E-state index in [9.17, 15) is 9.59 Å². The van der Waals surface area contributed by atoms with Crippen molar-refractivity contribution in [2.75, 3.05) is 26.2 Å². The number of piperidine rings is 2. The molecule has 0 unspecified atom stereocenters. The van der Waals surface area contributed by atoms with Gasteiger partial charge in [0.1, 0.15) is 5.76 Å². The first-order chi connectivity index (χ1) is 14.4. The number of carbonyl (C=O) groups is 2. The normalized spacial score (nSPS) is 18.0. The highest BCUT2D eigenvalue weighted by atomic mass is 16.4. The quantitative estimate of drug-likeness (QED) is 0.760. The van der Waals surface area contributed by atoms with Crippen molar-refractivity contribution < 1.29 is 14.0 Å². The number of hydrogen-bond acceptors (Lipinski definition) is 4. The Morgan fingerprint density at radius 3 is 2.10 bits per heavy atom. The molecule has 1 aromatic carbocycles. The summed E-state index contributed by atoms with van der Waals surface area (Å²) in [5.74, 6) is 1.48. The van der Waals surface area contributed by atoms with Crippen molar-refractivity contribution in [2.24, 2.45) is 0 Å². The third-order valence-corrected chi connectivity index (χ3v) is 6.26. The number of rotatable bonds is 3. The molecule has 3 heterocycles. The monoisotopic (exact) mass is 409 g/mol. The van der Waals surface area contributed by atoms with Crippen molar-refractivity contribution >= 4 is 11.8 Å². The fraction of sp³-hybridized carbons (Fsp3) is 0.542. The van der Waals surface area contributed by atoms with E-state index in [1.165, 1.54) is 6.42 Å². The minimum atomic E-state index is -0.00960. The summed E-state index contributed by atoms with van der Waals surface area (Å²) in [7, 11) is 0. The molecule has 160 valence electrons. The molecule has 30 heavy (non-hydrogen) atoms. The van der Waals surface area contributed by atoms with Crippen LogP contribution in [0.5, 0.6) is 0 Å². The Morgan fingerprint density at radius 2 is 1.47 bits per heavy atom. The van der Waals surface area contributed by atoms with Crippen LogP contribution in [0.4, 0.5) is 0 Å². The van der Waals surface area contributed by atoms with E-state index >= 15 is 0 Å². The topological polar surface area (TPSA) is 66.7 Å². The number of oxazole rings is 1. The summed E-state index contributed by atoms with van der Waals surface area (Å²) in [6, 6.07) is 5.99. The van der Waals surface area contributed by atoms with Crippen LogP contribution < -0.4 is 0 Å². The van der Waals surface area contributed by atoms with Gasteiger partial charge in [-0.05, 0) is 65.0 Å². The van der Waals surface area contributed by atoms with Gasteiger partial charge in [-0.3, -0.25) is 9.59 Å². The average Bonchev–Trinajstić information content (AvgIpc) is 3.14. The zero-order valence-electron chi connectivity index (χ0n) is 18.2. The van der Waals surface area contributed by atoms with Crippen LogP contribution in [0.15, 0.2) is 22.6 Å². The third-order valence-electron chi connectivity index (χ3n) is 6.26. The Kier molecular flexibility index (Phi) is 5.93. The fourth-order valence-electron chi connectivity index (χ4n) is 4.65. The summed E-state index contributed by atoms with van der Waals surface area (Å²) < 4.78 is 5.92. The van der Waals surface area contributed by atoms with E-state index in [1.807, 2.05) is 42.7 Å². The van der Waals surface area contributed by atoms with Gasteiger partial charge in [-0.2, -0.15) is 0 Å². The van der Waals surface area contributed by atoms with E-state index in [0.717, 1.165) is 55.5 Å². The number of benzene rings is 1. The van der Waals surface area contributed by atoms with E-state index < -0.39 is 0 Å². The predicted molar refractivity (Wildman–Crippen MR) is 115 cm³/mol. The van der Waals surface area contributed by atoms with E-state index in [1.54, 1.807) is 0 Å². The summed E-state index contributed by atoms with van der Waals surface area (Å²) >= 11 is 0. The van der Waals surface area contributed by atoms with Gasteiger partial charge in [0.05, 0.1) is 0 Å². The molecule has 0 spiro atoms. The number of aryl methyl sites for hydroxylation is 3. The fourth-order valence-corrected chi connectivity index (χ4v) is 4.65. The van der Waals surface area contributed by atoms with Crippen LogP contribution >= 0.6 is 0 Å². The second kappa shape index (κ2) is 8.62. The van der Waals surface area contributed by atoms with Crippen LogP contribution in [0, 0.1) is 20.8 Å². The zero-order valence-corrected chi connectivity index (χ0v) is 18.2. The first-order valence-electron chi connectivity index (χ1n) is 11.1. The number of amides is 2. The second-order valence-electron chi connectivity index (χ2n) is 8.75. The number of likely N-dealkylation sites (tertiary alicyclic amines) is 2. The Morgan fingerprint density at radius 1 is 0.867 bits per heavy atom. The highest BCUT2D eigenvalue weighted by molar-refractivity contribution is 5.95. The zero-order chi connectivity index (χ0) is 21.3. The molecule has 2 aliphatic heterocycles. The molecule has 0 saturated carbocycles. The number of carbonyl (C=O) groups excluding carboxylic acids is 2.